The summed E-state index contributed by atoms with van der Waals surface area (Å²) in [6, 6.07) is 16.6. The van der Waals surface area contributed by atoms with Gasteiger partial charge < -0.3 is 14.8 Å². The minimum atomic E-state index is -3.56. The Bertz CT molecular complexity index is 1150. The second-order valence-electron chi connectivity index (χ2n) is 10.0. The van der Waals surface area contributed by atoms with E-state index < -0.39 is 10.0 Å². The van der Waals surface area contributed by atoms with E-state index in [2.05, 4.69) is 10.2 Å². The molecule has 0 unspecified atom stereocenters. The number of sulfonamides is 1. The lowest BCUT2D eigenvalue weighted by Crippen LogP contribution is -2.42. The summed E-state index contributed by atoms with van der Waals surface area (Å²) in [6.07, 6.45) is 4.62. The highest BCUT2D eigenvalue weighted by molar-refractivity contribution is 7.89. The van der Waals surface area contributed by atoms with E-state index >= 15 is 0 Å². The van der Waals surface area contributed by atoms with Crippen LogP contribution in [0, 0.1) is 0 Å². The number of nitrogens with one attached hydrogen (secondary N) is 1. The maximum absolute atomic E-state index is 13.0. The average Bonchev–Trinajstić information content (AvgIpc) is 3.50. The first-order valence-corrected chi connectivity index (χ1v) is 14.3. The molecule has 194 valence electrons. The van der Waals surface area contributed by atoms with Gasteiger partial charge in [0, 0.05) is 38.5 Å². The predicted molar refractivity (Wildman–Crippen MR) is 137 cm³/mol. The molecular formula is C27H35N3O5S. The molecule has 9 heteroatoms. The van der Waals surface area contributed by atoms with Gasteiger partial charge in [0.1, 0.15) is 11.7 Å². The highest BCUT2D eigenvalue weighted by atomic mass is 32.2. The number of rotatable bonds is 8. The predicted octanol–water partition coefficient (Wildman–Crippen LogP) is 3.25. The number of carbonyl (C=O) groups excluding carboxylic acids is 1. The third-order valence-electron chi connectivity index (χ3n) is 7.37. The zero-order valence-corrected chi connectivity index (χ0v) is 21.4. The van der Waals surface area contributed by atoms with E-state index in [9.17, 15) is 13.2 Å². The van der Waals surface area contributed by atoms with Gasteiger partial charge in [-0.15, -0.1) is 0 Å². The summed E-state index contributed by atoms with van der Waals surface area (Å²) in [7, 11) is -3.56. The van der Waals surface area contributed by atoms with Crippen molar-refractivity contribution in [3.8, 4) is 0 Å². The van der Waals surface area contributed by atoms with E-state index in [0.29, 0.717) is 45.1 Å². The molecule has 5 rings (SSSR count). The quantitative estimate of drug-likeness (QED) is 0.583. The Morgan fingerprint density at radius 2 is 1.86 bits per heavy atom. The van der Waals surface area contributed by atoms with Crippen LogP contribution in [0.4, 0.5) is 5.69 Å². The summed E-state index contributed by atoms with van der Waals surface area (Å²) in [5.41, 5.74) is 1.22. The van der Waals surface area contributed by atoms with Crippen molar-refractivity contribution in [1.29, 1.82) is 0 Å². The Morgan fingerprint density at radius 3 is 2.61 bits per heavy atom. The fraction of sp³-hybridized carbons (Fsp3) is 0.519. The number of amides is 1. The molecule has 2 aromatic rings. The number of likely N-dealkylation sites (tertiary alicyclic amines) is 1. The third kappa shape index (κ3) is 5.65. The first-order chi connectivity index (χ1) is 17.4. The van der Waals surface area contributed by atoms with Crippen molar-refractivity contribution in [3.05, 3.63) is 60.2 Å². The van der Waals surface area contributed by atoms with Crippen molar-refractivity contribution >= 4 is 21.6 Å². The van der Waals surface area contributed by atoms with E-state index in [1.807, 2.05) is 30.3 Å². The van der Waals surface area contributed by atoms with Crippen LogP contribution >= 0.6 is 0 Å². The van der Waals surface area contributed by atoms with Gasteiger partial charge in [0.15, 0.2) is 0 Å². The molecule has 2 atom stereocenters. The van der Waals surface area contributed by atoms with Crippen molar-refractivity contribution in [2.75, 3.05) is 44.6 Å². The van der Waals surface area contributed by atoms with E-state index in [-0.39, 0.29) is 29.1 Å². The summed E-state index contributed by atoms with van der Waals surface area (Å²) < 4.78 is 40.1. The van der Waals surface area contributed by atoms with Crippen molar-refractivity contribution in [3.63, 3.8) is 0 Å². The van der Waals surface area contributed by atoms with E-state index in [0.717, 1.165) is 37.7 Å². The van der Waals surface area contributed by atoms with Crippen molar-refractivity contribution in [2.45, 2.75) is 55.3 Å². The number of benzene rings is 2. The monoisotopic (exact) mass is 513 g/mol. The van der Waals surface area contributed by atoms with Gasteiger partial charge in [-0.2, -0.15) is 4.31 Å². The summed E-state index contributed by atoms with van der Waals surface area (Å²) >= 11 is 0. The molecule has 1 amide bonds. The molecule has 36 heavy (non-hydrogen) atoms. The lowest BCUT2D eigenvalue weighted by Gasteiger charge is -2.29. The summed E-state index contributed by atoms with van der Waals surface area (Å²) in [5.74, 6) is -0.181. The topological polar surface area (TPSA) is 88.2 Å². The van der Waals surface area contributed by atoms with E-state index in [1.165, 1.54) is 4.31 Å². The Balaban J connectivity index is 1.20. The molecule has 0 aliphatic carbocycles. The van der Waals surface area contributed by atoms with Gasteiger partial charge >= 0.3 is 0 Å². The second kappa shape index (κ2) is 11.0. The molecule has 0 aromatic heterocycles. The Kier molecular flexibility index (Phi) is 7.73. The van der Waals surface area contributed by atoms with Gasteiger partial charge in [0.25, 0.3) is 0 Å². The van der Waals surface area contributed by atoms with Crippen LogP contribution in [0.15, 0.2) is 59.5 Å². The summed E-state index contributed by atoms with van der Waals surface area (Å²) in [4.78, 5) is 15.2. The number of carbonyl (C=O) groups is 1. The largest absolute Gasteiger partial charge is 0.371 e. The zero-order valence-electron chi connectivity index (χ0n) is 20.6. The molecule has 1 spiro atoms. The normalized spacial score (nSPS) is 25.4. The molecule has 3 fully saturated rings. The maximum atomic E-state index is 13.0. The standard InChI is InChI=1S/C27H35N3O5S/c31-26(28-23-11-7-12-24(17-23)36(32,33)30-14-5-2-6-15-30)19-29-18-25(27(21-29)13-8-16-35-27)34-20-22-9-3-1-4-10-22/h1,3-4,7,9-12,17,25H,2,5-6,8,13-16,18-21H2,(H,28,31)/t25-,27-/m0/s1. The molecule has 3 heterocycles. The van der Waals surface area contributed by atoms with Crippen LogP contribution in [0.2, 0.25) is 0 Å². The van der Waals surface area contributed by atoms with Crippen molar-refractivity contribution < 1.29 is 22.7 Å². The summed E-state index contributed by atoms with van der Waals surface area (Å²) in [6.45, 7) is 3.77. The molecular weight excluding hydrogens is 478 g/mol. The highest BCUT2D eigenvalue weighted by Crippen LogP contribution is 2.37. The SMILES string of the molecule is O=C(CN1C[C@H](OCc2ccccc2)[C@]2(CCCO2)C1)Nc1cccc(S(=O)(=O)N2CCCCC2)c1. The number of nitrogens with zero attached hydrogens (tertiary/aromatic N) is 2. The number of piperidine rings is 1. The van der Waals surface area contributed by atoms with Crippen molar-refractivity contribution in [1.82, 2.24) is 9.21 Å². The molecule has 3 aliphatic rings. The number of hydrogen-bond donors (Lipinski definition) is 1. The van der Waals surface area contributed by atoms with Crippen LogP contribution < -0.4 is 5.32 Å². The fourth-order valence-electron chi connectivity index (χ4n) is 5.53. The molecule has 0 bridgehead atoms. The lowest BCUT2D eigenvalue weighted by atomic mass is 9.96. The number of hydrogen-bond acceptors (Lipinski definition) is 6. The van der Waals surface area contributed by atoms with E-state index in [4.69, 9.17) is 9.47 Å². The lowest BCUT2D eigenvalue weighted by molar-refractivity contribution is -0.117. The number of ether oxygens (including phenoxy) is 2. The second-order valence-corrected chi connectivity index (χ2v) is 12.0. The summed E-state index contributed by atoms with van der Waals surface area (Å²) in [5, 5.41) is 2.89. The molecule has 0 saturated carbocycles. The molecule has 3 saturated heterocycles. The minimum absolute atomic E-state index is 0.106. The van der Waals surface area contributed by atoms with Crippen molar-refractivity contribution in [2.24, 2.45) is 0 Å². The fourth-order valence-corrected chi connectivity index (χ4v) is 7.10. The molecule has 3 aliphatic heterocycles. The van der Waals surface area contributed by atoms with Gasteiger partial charge in [-0.05, 0) is 49.4 Å². The molecule has 0 radical (unpaired) electrons. The zero-order chi connectivity index (χ0) is 25.0. The molecule has 1 N–H and O–H groups in total. The van der Waals surface area contributed by atoms with Gasteiger partial charge in [-0.3, -0.25) is 9.69 Å². The first-order valence-electron chi connectivity index (χ1n) is 12.9. The maximum Gasteiger partial charge on any atom is 0.243 e. The van der Waals surface area contributed by atoms with Crippen LogP contribution in [0.1, 0.15) is 37.7 Å². The average molecular weight is 514 g/mol. The van der Waals surface area contributed by atoms with Crippen LogP contribution in [-0.2, 0) is 30.9 Å². The van der Waals surface area contributed by atoms with Gasteiger partial charge in [0.05, 0.1) is 18.0 Å². The van der Waals surface area contributed by atoms with Crippen LogP contribution in [0.5, 0.6) is 0 Å². The number of anilines is 1. The van der Waals surface area contributed by atoms with Gasteiger partial charge in [-0.1, -0.05) is 42.8 Å². The smallest absolute Gasteiger partial charge is 0.243 e. The Morgan fingerprint density at radius 1 is 1.06 bits per heavy atom. The Labute approximate surface area is 213 Å². The van der Waals surface area contributed by atoms with Gasteiger partial charge in [-0.25, -0.2) is 8.42 Å². The Hall–Kier alpha value is -2.30. The van der Waals surface area contributed by atoms with Crippen LogP contribution in [0.25, 0.3) is 0 Å². The van der Waals surface area contributed by atoms with Crippen LogP contribution in [-0.4, -0.2) is 74.6 Å². The third-order valence-corrected chi connectivity index (χ3v) is 9.26. The molecule has 2 aromatic carbocycles. The van der Waals surface area contributed by atoms with Gasteiger partial charge in [0.2, 0.25) is 15.9 Å². The minimum Gasteiger partial charge on any atom is -0.371 e. The first kappa shape index (κ1) is 25.4. The molecule has 8 nitrogen and oxygen atoms in total. The van der Waals surface area contributed by atoms with E-state index in [1.54, 1.807) is 24.3 Å². The van der Waals surface area contributed by atoms with Crippen LogP contribution in [0.3, 0.4) is 0 Å². The highest BCUT2D eigenvalue weighted by Gasteiger charge is 2.50.